The zero-order chi connectivity index (χ0) is 13.0. The van der Waals surface area contributed by atoms with Crippen molar-refractivity contribution in [3.8, 4) is 6.19 Å². The highest BCUT2D eigenvalue weighted by Crippen LogP contribution is 2.11. The first-order chi connectivity index (χ1) is 8.69. The van der Waals surface area contributed by atoms with Gasteiger partial charge in [-0.3, -0.25) is 20.4 Å². The molecule has 0 amide bonds. The number of rotatable bonds is 3. The van der Waals surface area contributed by atoms with E-state index < -0.39 is 0 Å². The number of nitrogens with zero attached hydrogens (tertiary/aromatic N) is 4. The second-order valence-electron chi connectivity index (χ2n) is 4.25. The smallest absolute Gasteiger partial charge is 0.178 e. The molecule has 0 aliphatic carbocycles. The lowest BCUT2D eigenvalue weighted by atomic mass is 10.2. The van der Waals surface area contributed by atoms with Crippen molar-refractivity contribution in [3.05, 3.63) is 29.0 Å². The van der Waals surface area contributed by atoms with E-state index in [1.165, 1.54) is 0 Å². The number of nitriles is 1. The van der Waals surface area contributed by atoms with Crippen molar-refractivity contribution in [1.82, 2.24) is 25.4 Å². The van der Waals surface area contributed by atoms with Gasteiger partial charge in [0.15, 0.2) is 6.19 Å². The molecule has 1 atom stereocenters. The van der Waals surface area contributed by atoms with Crippen LogP contribution in [0.3, 0.4) is 0 Å². The van der Waals surface area contributed by atoms with E-state index in [0.717, 1.165) is 18.9 Å². The maximum atomic E-state index is 8.73. The molecular weight excluding hydrogens is 252 g/mol. The monoisotopic (exact) mass is 266 g/mol. The summed E-state index contributed by atoms with van der Waals surface area (Å²) in [4.78, 5) is 8.29. The molecule has 18 heavy (non-hydrogen) atoms. The molecule has 0 saturated carbocycles. The van der Waals surface area contributed by atoms with Gasteiger partial charge in [0.25, 0.3) is 0 Å². The van der Waals surface area contributed by atoms with Crippen LogP contribution in [0.2, 0.25) is 5.15 Å². The van der Waals surface area contributed by atoms with Crippen LogP contribution in [0, 0.1) is 11.5 Å². The Bertz CT molecular complexity index is 428. The lowest BCUT2D eigenvalue weighted by Gasteiger charge is -2.39. The predicted octanol–water partition coefficient (Wildman–Crippen LogP) is 0.341. The third kappa shape index (κ3) is 3.31. The van der Waals surface area contributed by atoms with E-state index >= 15 is 0 Å². The molecule has 1 unspecified atom stereocenters. The summed E-state index contributed by atoms with van der Waals surface area (Å²) in [5.74, 6) is 0. The Morgan fingerprint density at radius 2 is 2.50 bits per heavy atom. The zero-order valence-electron chi connectivity index (χ0n) is 10.1. The maximum Gasteiger partial charge on any atom is 0.178 e. The number of halogens is 1. The fraction of sp³-hybridized carbons (Fsp3) is 0.455. The van der Waals surface area contributed by atoms with Crippen molar-refractivity contribution in [2.45, 2.75) is 12.8 Å². The molecule has 2 rings (SSSR count). The highest BCUT2D eigenvalue weighted by molar-refractivity contribution is 6.29. The third-order valence-electron chi connectivity index (χ3n) is 2.72. The van der Waals surface area contributed by atoms with Gasteiger partial charge >= 0.3 is 0 Å². The largest absolute Gasteiger partial charge is 0.294 e. The zero-order valence-corrected chi connectivity index (χ0v) is 10.9. The van der Waals surface area contributed by atoms with Gasteiger partial charge in [0, 0.05) is 12.7 Å². The summed E-state index contributed by atoms with van der Waals surface area (Å²) in [6.45, 7) is 2.21. The van der Waals surface area contributed by atoms with Crippen molar-refractivity contribution < 1.29 is 0 Å². The van der Waals surface area contributed by atoms with Crippen LogP contribution in [0.4, 0.5) is 0 Å². The molecule has 1 aliphatic rings. The van der Waals surface area contributed by atoms with E-state index in [-0.39, 0.29) is 6.29 Å². The highest BCUT2D eigenvalue weighted by Gasteiger charge is 2.24. The Morgan fingerprint density at radius 3 is 3.17 bits per heavy atom. The van der Waals surface area contributed by atoms with E-state index in [9.17, 15) is 0 Å². The molecule has 0 radical (unpaired) electrons. The maximum absolute atomic E-state index is 8.73. The summed E-state index contributed by atoms with van der Waals surface area (Å²) in [5, 5.41) is 15.2. The molecule has 0 bridgehead atoms. The van der Waals surface area contributed by atoms with E-state index in [4.69, 9.17) is 16.9 Å². The second-order valence-corrected chi connectivity index (χ2v) is 4.64. The summed E-state index contributed by atoms with van der Waals surface area (Å²) < 4.78 is 0. The van der Waals surface area contributed by atoms with Gasteiger partial charge in [0.2, 0.25) is 0 Å². The number of nitrogens with one attached hydrogen (secondary N) is 2. The first kappa shape index (κ1) is 13.1. The Kier molecular flexibility index (Phi) is 4.33. The molecule has 1 aliphatic heterocycles. The second kappa shape index (κ2) is 5.98. The lowest BCUT2D eigenvalue weighted by Crippen LogP contribution is -2.62. The molecular formula is C11H15ClN6. The average molecular weight is 267 g/mol. The molecule has 6 nitrogen and oxygen atoms in total. The third-order valence-corrected chi connectivity index (χ3v) is 2.94. The van der Waals surface area contributed by atoms with E-state index in [1.807, 2.05) is 19.3 Å². The van der Waals surface area contributed by atoms with Gasteiger partial charge in [0.1, 0.15) is 11.4 Å². The van der Waals surface area contributed by atoms with Crippen LogP contribution in [-0.4, -0.2) is 41.5 Å². The number of hydrogen-bond donors (Lipinski definition) is 2. The molecule has 2 heterocycles. The van der Waals surface area contributed by atoms with Gasteiger partial charge in [-0.05, 0) is 18.7 Å². The van der Waals surface area contributed by atoms with Crippen LogP contribution in [0.25, 0.3) is 0 Å². The molecule has 1 saturated heterocycles. The Hall–Kier alpha value is -1.39. The number of hydrogen-bond acceptors (Lipinski definition) is 6. The number of aromatic nitrogens is 1. The molecule has 7 heteroatoms. The first-order valence-corrected chi connectivity index (χ1v) is 5.98. The topological polar surface area (TPSA) is 67.2 Å². The van der Waals surface area contributed by atoms with Crippen molar-refractivity contribution >= 4 is 11.6 Å². The van der Waals surface area contributed by atoms with Gasteiger partial charge in [0.05, 0.1) is 13.3 Å². The quantitative estimate of drug-likeness (QED) is 0.467. The van der Waals surface area contributed by atoms with Crippen LogP contribution in [0.15, 0.2) is 18.3 Å². The Labute approximate surface area is 111 Å². The van der Waals surface area contributed by atoms with Crippen LogP contribution in [0.5, 0.6) is 0 Å². The van der Waals surface area contributed by atoms with Gasteiger partial charge in [-0.1, -0.05) is 17.7 Å². The van der Waals surface area contributed by atoms with Gasteiger partial charge in [-0.25, -0.2) is 4.98 Å². The molecule has 0 aromatic carbocycles. The van der Waals surface area contributed by atoms with Crippen molar-refractivity contribution in [2.24, 2.45) is 0 Å². The summed E-state index contributed by atoms with van der Waals surface area (Å²) in [6.07, 6.45) is 3.57. The average Bonchev–Trinajstić information content (AvgIpc) is 2.36. The minimum absolute atomic E-state index is 0.151. The van der Waals surface area contributed by atoms with Crippen LogP contribution in [-0.2, 0) is 6.54 Å². The Morgan fingerprint density at radius 1 is 1.67 bits per heavy atom. The fourth-order valence-corrected chi connectivity index (χ4v) is 2.00. The van der Waals surface area contributed by atoms with Crippen molar-refractivity contribution in [3.63, 3.8) is 0 Å². The molecule has 1 fully saturated rings. The van der Waals surface area contributed by atoms with Gasteiger partial charge in [-0.15, -0.1) is 0 Å². The molecule has 1 aromatic rings. The Balaban J connectivity index is 2.04. The fourth-order valence-electron chi connectivity index (χ4n) is 1.89. The molecule has 2 N–H and O–H groups in total. The van der Waals surface area contributed by atoms with Gasteiger partial charge in [-0.2, -0.15) is 5.26 Å². The van der Waals surface area contributed by atoms with Crippen molar-refractivity contribution in [2.75, 3.05) is 20.4 Å². The standard InChI is InChI=1S/C11H15ClN6/c1-17-7-16-11(15-6-13)18(8-17)5-9-2-3-10(12)14-4-9/h2-4,11,15-16H,5,7-8H2,1H3. The summed E-state index contributed by atoms with van der Waals surface area (Å²) in [7, 11) is 2.02. The summed E-state index contributed by atoms with van der Waals surface area (Å²) >= 11 is 5.76. The summed E-state index contributed by atoms with van der Waals surface area (Å²) in [6, 6.07) is 3.71. The molecule has 1 aromatic heterocycles. The van der Waals surface area contributed by atoms with E-state index in [1.54, 1.807) is 12.3 Å². The minimum atomic E-state index is -0.151. The van der Waals surface area contributed by atoms with Crippen LogP contribution >= 0.6 is 11.6 Å². The molecule has 0 spiro atoms. The van der Waals surface area contributed by atoms with E-state index in [0.29, 0.717) is 11.7 Å². The SMILES string of the molecule is CN1CNC(NC#N)N(Cc2ccc(Cl)nc2)C1. The number of pyridine rings is 1. The normalized spacial score (nSPS) is 21.5. The van der Waals surface area contributed by atoms with Crippen molar-refractivity contribution in [1.29, 1.82) is 5.26 Å². The molecule has 96 valence electrons. The summed E-state index contributed by atoms with van der Waals surface area (Å²) in [5.41, 5.74) is 1.06. The first-order valence-electron chi connectivity index (χ1n) is 5.60. The van der Waals surface area contributed by atoms with E-state index in [2.05, 4.69) is 25.4 Å². The van der Waals surface area contributed by atoms with Crippen LogP contribution < -0.4 is 10.6 Å². The highest BCUT2D eigenvalue weighted by atomic mass is 35.5. The van der Waals surface area contributed by atoms with Gasteiger partial charge < -0.3 is 0 Å². The lowest BCUT2D eigenvalue weighted by molar-refractivity contribution is 0.0151. The predicted molar refractivity (Wildman–Crippen MR) is 68.0 cm³/mol. The minimum Gasteiger partial charge on any atom is -0.294 e. The van der Waals surface area contributed by atoms with Crippen LogP contribution in [0.1, 0.15) is 5.56 Å².